The molecule has 164 valence electrons. The number of anilines is 1. The van der Waals surface area contributed by atoms with E-state index in [9.17, 15) is 14.7 Å². The first-order valence-electron chi connectivity index (χ1n) is 9.81. The monoisotopic (exact) mass is 465 g/mol. The third-order valence-corrected chi connectivity index (χ3v) is 5.95. The summed E-state index contributed by atoms with van der Waals surface area (Å²) in [7, 11) is 0. The van der Waals surface area contributed by atoms with Crippen molar-refractivity contribution >= 4 is 47.2 Å². The van der Waals surface area contributed by atoms with Crippen molar-refractivity contribution in [1.82, 2.24) is 9.97 Å². The van der Waals surface area contributed by atoms with E-state index in [2.05, 4.69) is 15.3 Å². The van der Waals surface area contributed by atoms with Crippen LogP contribution in [-0.2, 0) is 22.4 Å². The fourth-order valence-electron chi connectivity index (χ4n) is 3.01. The fraction of sp³-hybridized carbons (Fsp3) is 0.167. The van der Waals surface area contributed by atoms with Gasteiger partial charge in [0.1, 0.15) is 15.9 Å². The second-order valence-corrected chi connectivity index (χ2v) is 8.40. The highest BCUT2D eigenvalue weighted by molar-refractivity contribution is 7.99. The summed E-state index contributed by atoms with van der Waals surface area (Å²) >= 11 is 2.84. The zero-order chi connectivity index (χ0) is 22.9. The van der Waals surface area contributed by atoms with Crippen LogP contribution in [0.25, 0.3) is 6.08 Å². The summed E-state index contributed by atoms with van der Waals surface area (Å²) in [5, 5.41) is 13.4. The number of nitrogens with one attached hydrogen (secondary N) is 1. The molecule has 2 N–H and O–H groups in total. The minimum Gasteiger partial charge on any atom is -0.481 e. The lowest BCUT2D eigenvalue weighted by atomic mass is 10.1. The van der Waals surface area contributed by atoms with Gasteiger partial charge in [-0.05, 0) is 41.8 Å². The largest absolute Gasteiger partial charge is 0.481 e. The first kappa shape index (κ1) is 23.6. The Balaban J connectivity index is 1.68. The molecule has 0 fully saturated rings. The predicted molar refractivity (Wildman–Crippen MR) is 130 cm³/mol. The molecule has 2 aromatic carbocycles. The number of carbonyl (C=O) groups excluding carboxylic acids is 1. The van der Waals surface area contributed by atoms with Crippen molar-refractivity contribution in [2.24, 2.45) is 0 Å². The molecule has 32 heavy (non-hydrogen) atoms. The second-order valence-electron chi connectivity index (χ2n) is 6.81. The fourth-order valence-corrected chi connectivity index (χ4v) is 4.30. The Morgan fingerprint density at radius 2 is 1.59 bits per heavy atom. The molecule has 3 rings (SSSR count). The number of nitrogens with zero attached hydrogens (tertiary/aromatic N) is 2. The lowest BCUT2D eigenvalue weighted by molar-refractivity contribution is -0.136. The summed E-state index contributed by atoms with van der Waals surface area (Å²) in [4.78, 5) is 32.5. The van der Waals surface area contributed by atoms with Crippen molar-refractivity contribution in [2.45, 2.75) is 22.9 Å². The molecule has 0 radical (unpaired) electrons. The Kier molecular flexibility index (Phi) is 8.47. The van der Waals surface area contributed by atoms with Gasteiger partial charge in [-0.3, -0.25) is 9.59 Å². The summed E-state index contributed by atoms with van der Waals surface area (Å²) < 4.78 is 0. The van der Waals surface area contributed by atoms with E-state index in [-0.39, 0.29) is 12.3 Å². The highest BCUT2D eigenvalue weighted by atomic mass is 32.2. The first-order chi connectivity index (χ1) is 15.5. The smallest absolute Gasteiger partial charge is 0.308 e. The number of hydrogen-bond donors (Lipinski definition) is 2. The number of rotatable bonds is 9. The third kappa shape index (κ3) is 6.70. The first-order valence-corrected chi connectivity index (χ1v) is 12.3. The maximum absolute atomic E-state index is 12.1. The van der Waals surface area contributed by atoms with E-state index in [0.29, 0.717) is 33.5 Å². The van der Waals surface area contributed by atoms with Crippen molar-refractivity contribution in [2.75, 3.05) is 17.8 Å². The SMILES string of the molecule is CSc1nc(Cc2ccc(NC(=O)/C=C/c3ccccc3)cc2)nc(SC)c1CC(=O)O. The molecule has 0 unspecified atom stereocenters. The molecule has 0 atom stereocenters. The molecular weight excluding hydrogens is 442 g/mol. The van der Waals surface area contributed by atoms with Gasteiger partial charge in [-0.1, -0.05) is 42.5 Å². The van der Waals surface area contributed by atoms with Gasteiger partial charge in [-0.2, -0.15) is 0 Å². The Hall–Kier alpha value is -3.10. The summed E-state index contributed by atoms with van der Waals surface area (Å²) in [5.41, 5.74) is 3.31. The number of hydrogen-bond acceptors (Lipinski definition) is 6. The van der Waals surface area contributed by atoms with Crippen LogP contribution in [0.2, 0.25) is 0 Å². The van der Waals surface area contributed by atoms with Gasteiger partial charge in [0.2, 0.25) is 5.91 Å². The Bertz CT molecular complexity index is 1090. The minimum atomic E-state index is -0.900. The number of carbonyl (C=O) groups is 2. The van der Waals surface area contributed by atoms with Gasteiger partial charge in [-0.15, -0.1) is 23.5 Å². The molecule has 0 bridgehead atoms. The molecule has 0 spiro atoms. The normalized spacial score (nSPS) is 10.9. The number of thioether (sulfide) groups is 2. The Labute approximate surface area is 195 Å². The van der Waals surface area contributed by atoms with E-state index in [1.165, 1.54) is 29.6 Å². The molecule has 0 aliphatic carbocycles. The molecule has 1 aromatic heterocycles. The van der Waals surface area contributed by atoms with Crippen LogP contribution in [0.5, 0.6) is 0 Å². The van der Waals surface area contributed by atoms with Crippen molar-refractivity contribution in [1.29, 1.82) is 0 Å². The molecule has 0 saturated carbocycles. The maximum atomic E-state index is 12.1. The van der Waals surface area contributed by atoms with Gasteiger partial charge in [0.15, 0.2) is 0 Å². The molecular formula is C24H23N3O3S2. The van der Waals surface area contributed by atoms with E-state index in [1.807, 2.05) is 67.1 Å². The number of carboxylic acids is 1. The van der Waals surface area contributed by atoms with Crippen molar-refractivity contribution < 1.29 is 14.7 Å². The second kappa shape index (κ2) is 11.5. The molecule has 1 heterocycles. The number of amides is 1. The molecule has 8 heteroatoms. The van der Waals surface area contributed by atoms with E-state index < -0.39 is 5.97 Å². The van der Waals surface area contributed by atoms with Gasteiger partial charge in [-0.25, -0.2) is 9.97 Å². The van der Waals surface area contributed by atoms with E-state index >= 15 is 0 Å². The van der Waals surface area contributed by atoms with Crippen LogP contribution in [0, 0.1) is 0 Å². The molecule has 6 nitrogen and oxygen atoms in total. The third-order valence-electron chi connectivity index (χ3n) is 4.50. The maximum Gasteiger partial charge on any atom is 0.308 e. The zero-order valence-corrected chi connectivity index (χ0v) is 19.4. The quantitative estimate of drug-likeness (QED) is 0.267. The van der Waals surface area contributed by atoms with Crippen LogP contribution < -0.4 is 5.32 Å². The van der Waals surface area contributed by atoms with Crippen molar-refractivity contribution in [3.63, 3.8) is 0 Å². The molecule has 0 saturated heterocycles. The van der Waals surface area contributed by atoms with Crippen LogP contribution in [0.1, 0.15) is 22.5 Å². The lowest BCUT2D eigenvalue weighted by Gasteiger charge is -2.12. The predicted octanol–water partition coefficient (Wildman–Crippen LogP) is 4.79. The minimum absolute atomic E-state index is 0.0975. The molecule has 0 aliphatic rings. The summed E-state index contributed by atoms with van der Waals surface area (Å²) in [6.07, 6.45) is 7.44. The number of aliphatic carboxylic acids is 1. The van der Waals surface area contributed by atoms with Gasteiger partial charge in [0.25, 0.3) is 0 Å². The topological polar surface area (TPSA) is 92.2 Å². The summed E-state index contributed by atoms with van der Waals surface area (Å²) in [5.74, 6) is -0.466. The van der Waals surface area contributed by atoms with Crippen LogP contribution in [0.4, 0.5) is 5.69 Å². The van der Waals surface area contributed by atoms with Crippen LogP contribution in [-0.4, -0.2) is 39.5 Å². The van der Waals surface area contributed by atoms with Crippen LogP contribution >= 0.6 is 23.5 Å². The van der Waals surface area contributed by atoms with Crippen LogP contribution in [0.15, 0.2) is 70.7 Å². The van der Waals surface area contributed by atoms with E-state index in [1.54, 1.807) is 6.08 Å². The van der Waals surface area contributed by atoms with Gasteiger partial charge in [0, 0.05) is 23.7 Å². The molecule has 1 amide bonds. The number of carboxylic acid groups (broad SMARTS) is 1. The zero-order valence-electron chi connectivity index (χ0n) is 17.7. The van der Waals surface area contributed by atoms with Crippen molar-refractivity contribution in [3.05, 3.63) is 83.2 Å². The molecule has 3 aromatic rings. The highest BCUT2D eigenvalue weighted by Gasteiger charge is 2.16. The van der Waals surface area contributed by atoms with Gasteiger partial charge < -0.3 is 10.4 Å². The summed E-state index contributed by atoms with van der Waals surface area (Å²) in [6.45, 7) is 0. The summed E-state index contributed by atoms with van der Waals surface area (Å²) in [6, 6.07) is 17.2. The van der Waals surface area contributed by atoms with E-state index in [4.69, 9.17) is 0 Å². The average molecular weight is 466 g/mol. The Morgan fingerprint density at radius 3 is 2.16 bits per heavy atom. The van der Waals surface area contributed by atoms with Crippen LogP contribution in [0.3, 0.4) is 0 Å². The highest BCUT2D eigenvalue weighted by Crippen LogP contribution is 2.27. The van der Waals surface area contributed by atoms with E-state index in [0.717, 1.165) is 11.1 Å². The standard InChI is InChI=1S/C24H23N3O3S2/c1-31-23-19(15-22(29)30)24(32-2)27-20(26-23)14-17-8-11-18(12-9-17)25-21(28)13-10-16-6-4-3-5-7-16/h3-13H,14-15H2,1-2H3,(H,25,28)(H,29,30)/b13-10+. The average Bonchev–Trinajstić information content (AvgIpc) is 2.80. The van der Waals surface area contributed by atoms with Gasteiger partial charge in [0.05, 0.1) is 6.42 Å². The van der Waals surface area contributed by atoms with Gasteiger partial charge >= 0.3 is 5.97 Å². The van der Waals surface area contributed by atoms with Crippen molar-refractivity contribution in [3.8, 4) is 0 Å². The lowest BCUT2D eigenvalue weighted by Crippen LogP contribution is -2.09. The molecule has 0 aliphatic heterocycles. The number of aromatic nitrogens is 2. The Morgan fingerprint density at radius 1 is 0.969 bits per heavy atom. The number of benzene rings is 2.